The maximum atomic E-state index is 12.9. The third kappa shape index (κ3) is 2.94. The highest BCUT2D eigenvalue weighted by Crippen LogP contribution is 2.38. The van der Waals surface area contributed by atoms with Gasteiger partial charge in [0, 0.05) is 11.3 Å². The zero-order valence-electron chi connectivity index (χ0n) is 13.0. The monoisotopic (exact) mass is 310 g/mol. The van der Waals surface area contributed by atoms with E-state index >= 15 is 0 Å². The van der Waals surface area contributed by atoms with Crippen LogP contribution in [-0.4, -0.2) is 46.3 Å². The zero-order chi connectivity index (χ0) is 15.0. The van der Waals surface area contributed by atoms with Crippen LogP contribution >= 0.6 is 11.8 Å². The summed E-state index contributed by atoms with van der Waals surface area (Å²) in [5.74, 6) is 0.654. The van der Waals surface area contributed by atoms with E-state index in [4.69, 9.17) is 0 Å². The van der Waals surface area contributed by atoms with Crippen LogP contribution in [0.4, 0.5) is 0 Å². The van der Waals surface area contributed by atoms with Crippen molar-refractivity contribution in [1.29, 1.82) is 0 Å². The third-order valence-electron chi connectivity index (χ3n) is 5.31. The van der Waals surface area contributed by atoms with Crippen LogP contribution < -0.4 is 5.32 Å². The predicted molar refractivity (Wildman–Crippen MR) is 85.1 cm³/mol. The van der Waals surface area contributed by atoms with Crippen LogP contribution in [-0.2, 0) is 9.59 Å². The molecule has 3 rings (SSSR count). The molecule has 1 N–H and O–H groups in total. The van der Waals surface area contributed by atoms with E-state index < -0.39 is 0 Å². The lowest BCUT2D eigenvalue weighted by Crippen LogP contribution is -2.66. The smallest absolute Gasteiger partial charge is 0.246 e. The predicted octanol–water partition coefficient (Wildman–Crippen LogP) is 2.18. The van der Waals surface area contributed by atoms with E-state index in [-0.39, 0.29) is 29.9 Å². The molecule has 2 atom stereocenters. The summed E-state index contributed by atoms with van der Waals surface area (Å²) in [5.41, 5.74) is 0. The van der Waals surface area contributed by atoms with Gasteiger partial charge in [-0.3, -0.25) is 9.59 Å². The number of carbonyl (C=O) groups excluding carboxylic acids is 2. The number of nitrogens with one attached hydrogen (secondary N) is 1. The molecule has 4 nitrogen and oxygen atoms in total. The van der Waals surface area contributed by atoms with Gasteiger partial charge in [-0.25, -0.2) is 0 Å². The van der Waals surface area contributed by atoms with E-state index in [1.165, 1.54) is 12.8 Å². The Morgan fingerprint density at radius 2 is 1.81 bits per heavy atom. The molecule has 2 unspecified atom stereocenters. The van der Waals surface area contributed by atoms with Crippen molar-refractivity contribution in [3.8, 4) is 0 Å². The molecule has 21 heavy (non-hydrogen) atoms. The molecule has 0 aromatic carbocycles. The molecule has 1 saturated heterocycles. The maximum Gasteiger partial charge on any atom is 0.246 e. The zero-order valence-corrected chi connectivity index (χ0v) is 13.8. The van der Waals surface area contributed by atoms with Gasteiger partial charge < -0.3 is 10.2 Å². The molecule has 0 bridgehead atoms. The Hall–Kier alpha value is -0.710. The number of thioether (sulfide) groups is 1. The molecule has 0 aromatic heterocycles. The molecular formula is C16H26N2O2S. The Bertz CT molecular complexity index is 417. The molecule has 0 spiro atoms. The maximum absolute atomic E-state index is 12.9. The summed E-state index contributed by atoms with van der Waals surface area (Å²) >= 11 is 1.94. The van der Waals surface area contributed by atoms with E-state index in [1.807, 2.05) is 23.6 Å². The topological polar surface area (TPSA) is 49.4 Å². The number of amides is 2. The lowest BCUT2D eigenvalue weighted by atomic mass is 9.90. The lowest BCUT2D eigenvalue weighted by molar-refractivity contribution is -0.153. The van der Waals surface area contributed by atoms with Crippen LogP contribution in [0.15, 0.2) is 0 Å². The highest BCUT2D eigenvalue weighted by Gasteiger charge is 2.48. The van der Waals surface area contributed by atoms with E-state index in [1.54, 1.807) is 0 Å². The van der Waals surface area contributed by atoms with Gasteiger partial charge in [-0.2, -0.15) is 11.8 Å². The van der Waals surface area contributed by atoms with Crippen molar-refractivity contribution >= 4 is 23.6 Å². The largest absolute Gasteiger partial charge is 0.342 e. The molecule has 3 fully saturated rings. The van der Waals surface area contributed by atoms with Crippen LogP contribution in [0.25, 0.3) is 0 Å². The van der Waals surface area contributed by atoms with Crippen LogP contribution in [0.2, 0.25) is 0 Å². The van der Waals surface area contributed by atoms with Crippen molar-refractivity contribution < 1.29 is 9.59 Å². The first-order chi connectivity index (χ1) is 10.2. The first-order valence-electron chi connectivity index (χ1n) is 8.31. The minimum atomic E-state index is -0.247. The average molecular weight is 310 g/mol. The third-order valence-corrected chi connectivity index (χ3v) is 6.45. The molecule has 0 radical (unpaired) electrons. The fraction of sp³-hybridized carbons (Fsp3) is 0.875. The van der Waals surface area contributed by atoms with Crippen LogP contribution in [0, 0.1) is 5.92 Å². The Morgan fingerprint density at radius 1 is 1.14 bits per heavy atom. The highest BCUT2D eigenvalue weighted by atomic mass is 32.2. The number of piperazine rings is 1. The van der Waals surface area contributed by atoms with Crippen molar-refractivity contribution in [2.75, 3.05) is 6.26 Å². The first-order valence-corrected chi connectivity index (χ1v) is 9.59. The summed E-state index contributed by atoms with van der Waals surface area (Å²) in [6, 6.07) is -0.208. The van der Waals surface area contributed by atoms with Gasteiger partial charge in [-0.05, 0) is 57.1 Å². The second kappa shape index (κ2) is 6.19. The van der Waals surface area contributed by atoms with Gasteiger partial charge >= 0.3 is 0 Å². The van der Waals surface area contributed by atoms with E-state index in [9.17, 15) is 9.59 Å². The van der Waals surface area contributed by atoms with Gasteiger partial charge in [0.05, 0.1) is 0 Å². The van der Waals surface area contributed by atoms with Crippen molar-refractivity contribution in [2.45, 2.75) is 75.2 Å². The summed E-state index contributed by atoms with van der Waals surface area (Å²) in [4.78, 5) is 27.2. The van der Waals surface area contributed by atoms with Gasteiger partial charge in [-0.15, -0.1) is 0 Å². The summed E-state index contributed by atoms with van der Waals surface area (Å²) in [5, 5.41) is 3.71. The minimum absolute atomic E-state index is 0.0704. The Balaban J connectivity index is 1.75. The van der Waals surface area contributed by atoms with E-state index in [0.29, 0.717) is 5.92 Å². The van der Waals surface area contributed by atoms with Crippen molar-refractivity contribution in [3.05, 3.63) is 0 Å². The molecular weight excluding hydrogens is 284 g/mol. The Kier molecular flexibility index (Phi) is 4.48. The molecule has 2 aliphatic carbocycles. The second-order valence-corrected chi connectivity index (χ2v) is 7.80. The fourth-order valence-corrected chi connectivity index (χ4v) is 4.62. The number of hydrogen-bond donors (Lipinski definition) is 1. The van der Waals surface area contributed by atoms with E-state index in [2.05, 4.69) is 11.6 Å². The van der Waals surface area contributed by atoms with E-state index in [0.717, 1.165) is 37.4 Å². The average Bonchev–Trinajstić information content (AvgIpc) is 3.33. The van der Waals surface area contributed by atoms with Crippen molar-refractivity contribution in [1.82, 2.24) is 10.2 Å². The molecule has 0 aromatic rings. The van der Waals surface area contributed by atoms with Crippen LogP contribution in [0.1, 0.15) is 51.9 Å². The molecule has 1 aliphatic heterocycles. The number of rotatable bonds is 4. The van der Waals surface area contributed by atoms with Gasteiger partial charge in [-0.1, -0.05) is 6.92 Å². The van der Waals surface area contributed by atoms with Crippen LogP contribution in [0.5, 0.6) is 0 Å². The molecule has 1 heterocycles. The molecule has 2 amide bonds. The normalized spacial score (nSPS) is 37.5. The first kappa shape index (κ1) is 15.2. The summed E-state index contributed by atoms with van der Waals surface area (Å²) in [7, 11) is 0. The SMILES string of the molecule is CCC1C(=O)NC(C2CC2)C(=O)N1C1CCC(SC)CC1. The molecule has 118 valence electrons. The summed E-state index contributed by atoms with van der Waals surface area (Å²) in [6.45, 7) is 2.01. The molecule has 2 saturated carbocycles. The minimum Gasteiger partial charge on any atom is -0.342 e. The lowest BCUT2D eigenvalue weighted by Gasteiger charge is -2.45. The van der Waals surface area contributed by atoms with Gasteiger partial charge in [0.25, 0.3) is 0 Å². The van der Waals surface area contributed by atoms with Crippen molar-refractivity contribution in [2.24, 2.45) is 5.92 Å². The standard InChI is InChI=1S/C16H26N2O2S/c1-3-13-15(19)17-14(10-4-5-10)16(20)18(13)11-6-8-12(21-2)9-7-11/h10-14H,3-9H2,1-2H3,(H,17,19). The second-order valence-electron chi connectivity index (χ2n) is 6.66. The molecule has 3 aliphatic rings. The number of hydrogen-bond acceptors (Lipinski definition) is 3. The summed E-state index contributed by atoms with van der Waals surface area (Å²) < 4.78 is 0. The van der Waals surface area contributed by atoms with Gasteiger partial charge in [0.1, 0.15) is 12.1 Å². The van der Waals surface area contributed by atoms with Crippen LogP contribution in [0.3, 0.4) is 0 Å². The number of nitrogens with zero attached hydrogens (tertiary/aromatic N) is 1. The fourth-order valence-electron chi connectivity index (χ4n) is 3.88. The Morgan fingerprint density at radius 3 is 2.33 bits per heavy atom. The highest BCUT2D eigenvalue weighted by molar-refractivity contribution is 7.99. The van der Waals surface area contributed by atoms with Gasteiger partial charge in [0.2, 0.25) is 11.8 Å². The number of carbonyl (C=O) groups is 2. The molecule has 5 heteroatoms. The Labute approximate surface area is 131 Å². The van der Waals surface area contributed by atoms with Gasteiger partial charge in [0.15, 0.2) is 0 Å². The summed E-state index contributed by atoms with van der Waals surface area (Å²) in [6.07, 6.45) is 9.50. The van der Waals surface area contributed by atoms with Crippen molar-refractivity contribution in [3.63, 3.8) is 0 Å². The quantitative estimate of drug-likeness (QED) is 0.866.